The first-order valence-electron chi connectivity index (χ1n) is 7.25. The molecule has 1 saturated heterocycles. The van der Waals surface area contributed by atoms with Crippen LogP contribution in [0, 0.1) is 11.3 Å². The minimum atomic E-state index is -0.755. The van der Waals surface area contributed by atoms with E-state index in [2.05, 4.69) is 26.9 Å². The lowest BCUT2D eigenvalue weighted by Gasteiger charge is -2.43. The first kappa shape index (κ1) is 15.5. The second kappa shape index (κ2) is 7.21. The van der Waals surface area contributed by atoms with Crippen LogP contribution in [-0.4, -0.2) is 29.2 Å². The lowest BCUT2D eigenvalue weighted by Crippen LogP contribution is -2.49. The molecule has 108 valence electrons. The third-order valence-corrected chi connectivity index (χ3v) is 5.11. The summed E-state index contributed by atoms with van der Waals surface area (Å²) < 4.78 is -0.755. The maximum Gasteiger partial charge on any atom is 0.190 e. The van der Waals surface area contributed by atoms with Crippen molar-refractivity contribution in [1.29, 1.82) is 5.26 Å². The number of aliphatic hydroxyl groups excluding tert-OH is 1. The summed E-state index contributed by atoms with van der Waals surface area (Å²) in [6, 6.07) is 12.7. The summed E-state index contributed by atoms with van der Waals surface area (Å²) in [7, 11) is 0. The van der Waals surface area contributed by atoms with Gasteiger partial charge >= 0.3 is 0 Å². The Bertz CT molecular complexity index is 459. The molecular formula is C16H21BrN2O. The number of benzene rings is 1. The molecule has 0 amide bonds. The normalized spacial score (nSPS) is 22.9. The summed E-state index contributed by atoms with van der Waals surface area (Å²) >= 11 is 3.69. The molecule has 1 aromatic carbocycles. The Kier molecular flexibility index (Phi) is 5.59. The Morgan fingerprint density at radius 3 is 2.75 bits per heavy atom. The zero-order valence-corrected chi connectivity index (χ0v) is 13.2. The fourth-order valence-electron chi connectivity index (χ4n) is 2.99. The Balaban J connectivity index is 2.26. The number of halogens is 1. The molecule has 0 aromatic heterocycles. The summed E-state index contributed by atoms with van der Waals surface area (Å²) in [6.07, 6.45) is 5.16. The molecule has 1 aliphatic rings. The van der Waals surface area contributed by atoms with Gasteiger partial charge in [-0.05, 0) is 47.2 Å². The molecule has 1 aliphatic heterocycles. The molecule has 0 saturated carbocycles. The van der Waals surface area contributed by atoms with Gasteiger partial charge in [0.15, 0.2) is 4.45 Å². The van der Waals surface area contributed by atoms with E-state index in [1.165, 1.54) is 6.42 Å². The molecule has 1 N–H and O–H groups in total. The van der Waals surface area contributed by atoms with Gasteiger partial charge in [0, 0.05) is 19.2 Å². The SMILES string of the molecule is N#CC(Br)(c1ccccc1)N1CCCCC1CCCO. The molecule has 2 atom stereocenters. The summed E-state index contributed by atoms with van der Waals surface area (Å²) in [5.74, 6) is 0. The van der Waals surface area contributed by atoms with E-state index < -0.39 is 4.45 Å². The second-order valence-electron chi connectivity index (χ2n) is 5.31. The fraction of sp³-hybridized carbons (Fsp3) is 0.562. The molecule has 0 spiro atoms. The van der Waals surface area contributed by atoms with Gasteiger partial charge in [0.05, 0.1) is 0 Å². The van der Waals surface area contributed by atoms with Gasteiger partial charge in [0.2, 0.25) is 0 Å². The third kappa shape index (κ3) is 3.22. The van der Waals surface area contributed by atoms with Crippen LogP contribution in [0.4, 0.5) is 0 Å². The van der Waals surface area contributed by atoms with E-state index in [1.54, 1.807) is 0 Å². The van der Waals surface area contributed by atoms with E-state index in [1.807, 2.05) is 30.3 Å². The Morgan fingerprint density at radius 1 is 1.35 bits per heavy atom. The highest BCUT2D eigenvalue weighted by Gasteiger charge is 2.41. The first-order valence-corrected chi connectivity index (χ1v) is 8.05. The van der Waals surface area contributed by atoms with E-state index in [0.717, 1.165) is 37.8 Å². The van der Waals surface area contributed by atoms with Crippen molar-refractivity contribution in [2.75, 3.05) is 13.2 Å². The molecule has 4 heteroatoms. The van der Waals surface area contributed by atoms with Gasteiger partial charge in [-0.3, -0.25) is 4.90 Å². The zero-order valence-electron chi connectivity index (χ0n) is 11.6. The molecule has 1 heterocycles. The van der Waals surface area contributed by atoms with Crippen LogP contribution in [0.3, 0.4) is 0 Å². The molecule has 1 fully saturated rings. The maximum atomic E-state index is 9.75. The molecule has 1 aromatic rings. The van der Waals surface area contributed by atoms with Crippen LogP contribution in [0.25, 0.3) is 0 Å². The van der Waals surface area contributed by atoms with Crippen LogP contribution >= 0.6 is 15.9 Å². The predicted molar refractivity (Wildman–Crippen MR) is 83.3 cm³/mol. The van der Waals surface area contributed by atoms with E-state index in [0.29, 0.717) is 6.04 Å². The van der Waals surface area contributed by atoms with Crippen molar-refractivity contribution in [3.05, 3.63) is 35.9 Å². The van der Waals surface area contributed by atoms with Crippen molar-refractivity contribution in [1.82, 2.24) is 4.90 Å². The number of hydrogen-bond acceptors (Lipinski definition) is 3. The number of aliphatic hydroxyl groups is 1. The quantitative estimate of drug-likeness (QED) is 0.662. The lowest BCUT2D eigenvalue weighted by molar-refractivity contribution is 0.0930. The number of likely N-dealkylation sites (tertiary alicyclic amines) is 1. The van der Waals surface area contributed by atoms with Crippen LogP contribution in [0.15, 0.2) is 30.3 Å². The topological polar surface area (TPSA) is 47.3 Å². The van der Waals surface area contributed by atoms with Crippen LogP contribution < -0.4 is 0 Å². The number of hydrogen-bond donors (Lipinski definition) is 1. The number of alkyl halides is 1. The average molecular weight is 337 g/mol. The summed E-state index contributed by atoms with van der Waals surface area (Å²) in [4.78, 5) is 2.27. The van der Waals surface area contributed by atoms with E-state index >= 15 is 0 Å². The molecule has 2 rings (SSSR count). The third-order valence-electron chi connectivity index (χ3n) is 4.02. The highest BCUT2D eigenvalue weighted by Crippen LogP contribution is 2.40. The number of piperidine rings is 1. The minimum absolute atomic E-state index is 0.220. The molecule has 20 heavy (non-hydrogen) atoms. The van der Waals surface area contributed by atoms with Gasteiger partial charge in [0.1, 0.15) is 6.07 Å². The van der Waals surface area contributed by atoms with Crippen LogP contribution in [0.1, 0.15) is 37.7 Å². The van der Waals surface area contributed by atoms with Crippen molar-refractivity contribution in [2.24, 2.45) is 0 Å². The molecule has 0 bridgehead atoms. The van der Waals surface area contributed by atoms with Crippen molar-refractivity contribution < 1.29 is 5.11 Å². The van der Waals surface area contributed by atoms with E-state index in [9.17, 15) is 5.26 Å². The van der Waals surface area contributed by atoms with Crippen molar-refractivity contribution in [2.45, 2.75) is 42.6 Å². The van der Waals surface area contributed by atoms with Gasteiger partial charge in [0.25, 0.3) is 0 Å². The standard InChI is InChI=1S/C16H21BrN2O/c17-16(13-18,14-7-2-1-3-8-14)19-11-5-4-9-15(19)10-6-12-20/h1-3,7-8,15,20H,4-6,9-12H2. The van der Waals surface area contributed by atoms with Gasteiger partial charge in [-0.25, -0.2) is 0 Å². The highest BCUT2D eigenvalue weighted by molar-refractivity contribution is 9.09. The van der Waals surface area contributed by atoms with Gasteiger partial charge in [-0.1, -0.05) is 36.8 Å². The van der Waals surface area contributed by atoms with Gasteiger partial charge in [-0.2, -0.15) is 5.26 Å². The molecule has 3 nitrogen and oxygen atoms in total. The maximum absolute atomic E-state index is 9.75. The Morgan fingerprint density at radius 2 is 2.10 bits per heavy atom. The molecule has 0 aliphatic carbocycles. The van der Waals surface area contributed by atoms with E-state index in [-0.39, 0.29) is 6.61 Å². The predicted octanol–water partition coefficient (Wildman–Crippen LogP) is 3.38. The molecular weight excluding hydrogens is 316 g/mol. The van der Waals surface area contributed by atoms with Crippen LogP contribution in [0.5, 0.6) is 0 Å². The highest BCUT2D eigenvalue weighted by atomic mass is 79.9. The second-order valence-corrected chi connectivity index (χ2v) is 6.46. The summed E-state index contributed by atoms with van der Waals surface area (Å²) in [5.41, 5.74) is 0.985. The molecule has 2 unspecified atom stereocenters. The smallest absolute Gasteiger partial charge is 0.190 e. The average Bonchev–Trinajstić information content (AvgIpc) is 2.53. The zero-order chi connectivity index (χ0) is 14.4. The number of nitrogens with zero attached hydrogens (tertiary/aromatic N) is 2. The Labute approximate surface area is 129 Å². The van der Waals surface area contributed by atoms with Crippen molar-refractivity contribution in [3.8, 4) is 6.07 Å². The van der Waals surface area contributed by atoms with Crippen molar-refractivity contribution >= 4 is 15.9 Å². The van der Waals surface area contributed by atoms with Crippen LogP contribution in [-0.2, 0) is 4.45 Å². The van der Waals surface area contributed by atoms with Gasteiger partial charge < -0.3 is 5.11 Å². The lowest BCUT2D eigenvalue weighted by atomic mass is 9.94. The first-order chi connectivity index (χ1) is 9.72. The molecule has 0 radical (unpaired) electrons. The number of rotatable bonds is 5. The minimum Gasteiger partial charge on any atom is -0.396 e. The van der Waals surface area contributed by atoms with Gasteiger partial charge in [-0.15, -0.1) is 0 Å². The fourth-order valence-corrected chi connectivity index (χ4v) is 3.72. The number of nitriles is 1. The van der Waals surface area contributed by atoms with E-state index in [4.69, 9.17) is 5.11 Å². The summed E-state index contributed by atoms with van der Waals surface area (Å²) in [5, 5.41) is 18.8. The van der Waals surface area contributed by atoms with Crippen LogP contribution in [0.2, 0.25) is 0 Å². The summed E-state index contributed by atoms with van der Waals surface area (Å²) in [6.45, 7) is 1.14. The monoisotopic (exact) mass is 336 g/mol. The largest absolute Gasteiger partial charge is 0.396 e. The van der Waals surface area contributed by atoms with Crippen molar-refractivity contribution in [3.63, 3.8) is 0 Å². The Hall–Kier alpha value is -0.890.